The average molecular weight is 191 g/mol. The predicted molar refractivity (Wildman–Crippen MR) is 50.3 cm³/mol. The first-order chi connectivity index (χ1) is 6.66. The lowest BCUT2D eigenvalue weighted by Crippen LogP contribution is -2.33. The fraction of sp³-hybridized carbons (Fsp3) is 0.200. The van der Waals surface area contributed by atoms with Gasteiger partial charge in [0.25, 0.3) is 6.20 Å². The van der Waals surface area contributed by atoms with Crippen molar-refractivity contribution in [1.29, 1.82) is 0 Å². The number of rotatable bonds is 1. The molecule has 0 unspecified atom stereocenters. The topological polar surface area (TPSA) is 49.9 Å². The second kappa shape index (κ2) is 3.14. The van der Waals surface area contributed by atoms with Crippen LogP contribution in [-0.4, -0.2) is 5.27 Å². The molecule has 0 saturated heterocycles. The minimum absolute atomic E-state index is 0.384. The van der Waals surface area contributed by atoms with E-state index in [-0.39, 0.29) is 5.63 Å². The summed E-state index contributed by atoms with van der Waals surface area (Å²) >= 11 is 0. The molecule has 14 heavy (non-hydrogen) atoms. The van der Waals surface area contributed by atoms with Gasteiger partial charge in [0.1, 0.15) is 0 Å². The summed E-state index contributed by atoms with van der Waals surface area (Å²) in [5.41, 5.74) is 2.82. The van der Waals surface area contributed by atoms with E-state index in [2.05, 4.69) is 9.79 Å². The van der Waals surface area contributed by atoms with E-state index in [9.17, 15) is 4.79 Å². The van der Waals surface area contributed by atoms with Crippen LogP contribution in [0.4, 0.5) is 0 Å². The van der Waals surface area contributed by atoms with Crippen molar-refractivity contribution in [2.24, 2.45) is 0 Å². The number of benzene rings is 1. The van der Waals surface area contributed by atoms with Gasteiger partial charge in [-0.25, -0.2) is 4.79 Å². The molecule has 4 nitrogen and oxygen atoms in total. The number of hydrogen-bond donors (Lipinski definition) is 1. The van der Waals surface area contributed by atoms with E-state index >= 15 is 0 Å². The van der Waals surface area contributed by atoms with Crippen LogP contribution in [0.3, 0.4) is 0 Å². The van der Waals surface area contributed by atoms with E-state index in [0.29, 0.717) is 0 Å². The van der Waals surface area contributed by atoms with Gasteiger partial charge >= 0.3 is 5.63 Å². The van der Waals surface area contributed by atoms with Crippen LogP contribution >= 0.6 is 0 Å². The van der Waals surface area contributed by atoms with Crippen LogP contribution in [0.1, 0.15) is 11.1 Å². The summed E-state index contributed by atoms with van der Waals surface area (Å²) in [7, 11) is 0. The average Bonchev–Trinajstić information content (AvgIpc) is 2.51. The van der Waals surface area contributed by atoms with Crippen LogP contribution in [0.2, 0.25) is 0 Å². The normalized spacial score (nSPS) is 10.4. The number of nitrogens with one attached hydrogen (secondary N) is 1. The third-order valence-electron chi connectivity index (χ3n) is 2.09. The Balaban J connectivity index is 2.57. The van der Waals surface area contributed by atoms with Gasteiger partial charge in [0, 0.05) is 11.6 Å². The van der Waals surface area contributed by atoms with Crippen LogP contribution in [-0.2, 0) is 0 Å². The van der Waals surface area contributed by atoms with Crippen molar-refractivity contribution in [3.63, 3.8) is 0 Å². The standard InChI is InChI=1S/C10H10N2O2/c1-7-3-4-9(8(2)5-7)12-6-10(13)14-11-12/h3-6H,1-2H3/p+1. The first-order valence-corrected chi connectivity index (χ1v) is 4.34. The molecule has 1 aromatic carbocycles. The number of nitrogens with zero attached hydrogens (tertiary/aromatic N) is 1. The Bertz CT molecular complexity index is 511. The van der Waals surface area contributed by atoms with E-state index in [0.717, 1.165) is 11.3 Å². The Kier molecular flexibility index (Phi) is 1.96. The molecule has 1 N–H and O–H groups in total. The molecule has 4 heteroatoms. The lowest BCUT2D eigenvalue weighted by molar-refractivity contribution is -0.670. The number of aromatic amines is 1. The van der Waals surface area contributed by atoms with Crippen molar-refractivity contribution in [3.8, 4) is 5.69 Å². The highest BCUT2D eigenvalue weighted by atomic mass is 16.5. The minimum atomic E-state index is -0.384. The van der Waals surface area contributed by atoms with Gasteiger partial charge in [0.15, 0.2) is 0 Å². The maximum atomic E-state index is 10.8. The molecular weight excluding hydrogens is 180 g/mol. The van der Waals surface area contributed by atoms with Crippen LogP contribution < -0.4 is 10.3 Å². The number of H-pyrrole nitrogens is 1. The fourth-order valence-electron chi connectivity index (χ4n) is 1.45. The molecular formula is C10H11N2O2+. The Labute approximate surface area is 80.7 Å². The molecule has 0 aliphatic heterocycles. The van der Waals surface area contributed by atoms with Gasteiger partial charge in [-0.2, -0.15) is 0 Å². The Hall–Kier alpha value is -1.84. The molecule has 0 aliphatic rings. The largest absolute Gasteiger partial charge is 0.427 e. The summed E-state index contributed by atoms with van der Waals surface area (Å²) in [6.45, 7) is 4.01. The first-order valence-electron chi connectivity index (χ1n) is 4.34. The second-order valence-electron chi connectivity index (χ2n) is 3.30. The number of aryl methyl sites for hydroxylation is 2. The molecule has 0 radical (unpaired) electrons. The zero-order chi connectivity index (χ0) is 10.1. The van der Waals surface area contributed by atoms with Gasteiger partial charge in [0.2, 0.25) is 5.69 Å². The van der Waals surface area contributed by atoms with E-state index in [4.69, 9.17) is 0 Å². The quantitative estimate of drug-likeness (QED) is 0.680. The van der Waals surface area contributed by atoms with Crippen LogP contribution in [0.15, 0.2) is 33.7 Å². The summed E-state index contributed by atoms with van der Waals surface area (Å²) in [6.07, 6.45) is 1.37. The molecule has 0 fully saturated rings. The molecule has 0 atom stereocenters. The van der Waals surface area contributed by atoms with Gasteiger partial charge in [-0.05, 0) is 29.9 Å². The second-order valence-corrected chi connectivity index (χ2v) is 3.30. The van der Waals surface area contributed by atoms with Gasteiger partial charge in [-0.1, -0.05) is 11.6 Å². The molecule has 1 aromatic heterocycles. The summed E-state index contributed by atoms with van der Waals surface area (Å²) in [4.78, 5) is 10.8. The summed E-state index contributed by atoms with van der Waals surface area (Å²) in [5, 5.41) is 2.51. The smallest absolute Gasteiger partial charge is 0.283 e. The van der Waals surface area contributed by atoms with E-state index in [1.807, 2.05) is 32.0 Å². The minimum Gasteiger partial charge on any atom is -0.283 e. The maximum absolute atomic E-state index is 10.8. The monoisotopic (exact) mass is 191 g/mol. The van der Waals surface area contributed by atoms with Gasteiger partial charge < -0.3 is 0 Å². The van der Waals surface area contributed by atoms with Crippen LogP contribution in [0.25, 0.3) is 5.69 Å². The van der Waals surface area contributed by atoms with Gasteiger partial charge in [-0.3, -0.25) is 4.52 Å². The maximum Gasteiger partial charge on any atom is 0.427 e. The summed E-state index contributed by atoms with van der Waals surface area (Å²) < 4.78 is 6.15. The highest BCUT2D eigenvalue weighted by Gasteiger charge is 2.12. The van der Waals surface area contributed by atoms with Gasteiger partial charge in [-0.15, -0.1) is 0 Å². The van der Waals surface area contributed by atoms with Crippen LogP contribution in [0.5, 0.6) is 0 Å². The molecule has 0 amide bonds. The Morgan fingerprint density at radius 3 is 2.71 bits per heavy atom. The highest BCUT2D eigenvalue weighted by molar-refractivity contribution is 5.35. The van der Waals surface area contributed by atoms with E-state index in [1.165, 1.54) is 11.8 Å². The van der Waals surface area contributed by atoms with Crippen LogP contribution in [0, 0.1) is 13.8 Å². The Morgan fingerprint density at radius 1 is 1.36 bits per heavy atom. The zero-order valence-corrected chi connectivity index (χ0v) is 8.07. The van der Waals surface area contributed by atoms with E-state index < -0.39 is 0 Å². The molecule has 0 aliphatic carbocycles. The SMILES string of the molecule is Cc1ccc(-[n+]2cc(=O)o[nH]2)c(C)c1. The van der Waals surface area contributed by atoms with Crippen molar-refractivity contribution in [3.05, 3.63) is 45.9 Å². The van der Waals surface area contributed by atoms with Crippen molar-refractivity contribution < 1.29 is 9.20 Å². The van der Waals surface area contributed by atoms with Crippen molar-refractivity contribution >= 4 is 0 Å². The third-order valence-corrected chi connectivity index (χ3v) is 2.09. The molecule has 1 heterocycles. The van der Waals surface area contributed by atoms with E-state index in [1.54, 1.807) is 4.68 Å². The summed E-state index contributed by atoms with van der Waals surface area (Å²) in [6, 6.07) is 5.98. The Morgan fingerprint density at radius 2 is 2.14 bits per heavy atom. The molecule has 72 valence electrons. The molecule has 0 spiro atoms. The predicted octanol–water partition coefficient (Wildman–Crippen LogP) is 0.861. The number of aromatic nitrogens is 2. The molecule has 0 saturated carbocycles. The molecule has 2 aromatic rings. The van der Waals surface area contributed by atoms with Crippen molar-refractivity contribution in [2.45, 2.75) is 13.8 Å². The number of hydrogen-bond acceptors (Lipinski definition) is 2. The molecule has 2 rings (SSSR count). The zero-order valence-electron chi connectivity index (χ0n) is 8.07. The third kappa shape index (κ3) is 1.46. The van der Waals surface area contributed by atoms with Crippen molar-refractivity contribution in [2.75, 3.05) is 0 Å². The van der Waals surface area contributed by atoms with Gasteiger partial charge in [0.05, 0.1) is 0 Å². The first kappa shape index (κ1) is 8.74. The highest BCUT2D eigenvalue weighted by Crippen LogP contribution is 2.08. The lowest BCUT2D eigenvalue weighted by Gasteiger charge is -1.96. The lowest BCUT2D eigenvalue weighted by atomic mass is 10.1. The summed E-state index contributed by atoms with van der Waals surface area (Å²) in [5.74, 6) is 0. The van der Waals surface area contributed by atoms with Crippen molar-refractivity contribution in [1.82, 2.24) is 5.27 Å². The molecule has 0 bridgehead atoms. The fourth-order valence-corrected chi connectivity index (χ4v) is 1.45.